The van der Waals surface area contributed by atoms with Gasteiger partial charge >= 0.3 is 5.97 Å². The second-order valence-corrected chi connectivity index (χ2v) is 4.59. The fraction of sp³-hybridized carbons (Fsp3) is 0.429. The second kappa shape index (κ2) is 6.31. The third-order valence-corrected chi connectivity index (χ3v) is 2.76. The van der Waals surface area contributed by atoms with E-state index in [1.165, 1.54) is 24.1 Å². The number of ether oxygens (including phenoxy) is 1. The summed E-state index contributed by atoms with van der Waals surface area (Å²) in [7, 11) is 1.25. The fourth-order valence-electron chi connectivity index (χ4n) is 1.65. The first kappa shape index (κ1) is 15.1. The highest BCUT2D eigenvalue weighted by molar-refractivity contribution is 5.96. The molecule has 0 unspecified atom stereocenters. The van der Waals surface area contributed by atoms with Crippen LogP contribution < -0.4 is 0 Å². The van der Waals surface area contributed by atoms with Crippen LogP contribution >= 0.6 is 0 Å². The molecule has 1 aromatic rings. The number of amides is 1. The van der Waals surface area contributed by atoms with Crippen molar-refractivity contribution in [3.8, 4) is 0 Å². The number of esters is 1. The number of methoxy groups -OCH3 is 1. The summed E-state index contributed by atoms with van der Waals surface area (Å²) in [6.45, 7) is 5.10. The summed E-state index contributed by atoms with van der Waals surface area (Å²) in [6.07, 6.45) is 0. The number of nitrogens with zero attached hydrogens (tertiary/aromatic N) is 1. The molecule has 104 valence electrons. The van der Waals surface area contributed by atoms with Crippen molar-refractivity contribution in [2.75, 3.05) is 13.7 Å². The van der Waals surface area contributed by atoms with E-state index < -0.39 is 17.7 Å². The van der Waals surface area contributed by atoms with E-state index in [1.54, 1.807) is 26.8 Å². The van der Waals surface area contributed by atoms with Gasteiger partial charge in [-0.25, -0.2) is 4.39 Å². The van der Waals surface area contributed by atoms with Crippen molar-refractivity contribution < 1.29 is 18.7 Å². The summed E-state index contributed by atoms with van der Waals surface area (Å²) in [5.41, 5.74) is 0.754. The lowest BCUT2D eigenvalue weighted by Gasteiger charge is -2.25. The van der Waals surface area contributed by atoms with Crippen molar-refractivity contribution >= 4 is 11.9 Å². The monoisotopic (exact) mass is 267 g/mol. The summed E-state index contributed by atoms with van der Waals surface area (Å²) in [6, 6.07) is 4.09. The van der Waals surface area contributed by atoms with E-state index in [1.807, 2.05) is 0 Å². The van der Waals surface area contributed by atoms with Gasteiger partial charge in [0.2, 0.25) is 0 Å². The summed E-state index contributed by atoms with van der Waals surface area (Å²) in [5, 5.41) is 0. The van der Waals surface area contributed by atoms with Crippen LogP contribution in [0.1, 0.15) is 29.8 Å². The molecule has 19 heavy (non-hydrogen) atoms. The molecule has 1 aromatic carbocycles. The summed E-state index contributed by atoms with van der Waals surface area (Å²) >= 11 is 0. The predicted molar refractivity (Wildman–Crippen MR) is 69.3 cm³/mol. The average molecular weight is 267 g/mol. The topological polar surface area (TPSA) is 46.6 Å². The molecule has 1 rings (SSSR count). The van der Waals surface area contributed by atoms with E-state index in [2.05, 4.69) is 4.74 Å². The van der Waals surface area contributed by atoms with E-state index in [0.717, 1.165) is 5.56 Å². The number of aryl methyl sites for hydroxylation is 1. The van der Waals surface area contributed by atoms with Crippen LogP contribution in [-0.4, -0.2) is 36.5 Å². The van der Waals surface area contributed by atoms with E-state index in [9.17, 15) is 14.0 Å². The molecule has 1 amide bonds. The minimum atomic E-state index is -0.592. The molecule has 0 saturated carbocycles. The Morgan fingerprint density at radius 2 is 2.00 bits per heavy atom. The third-order valence-electron chi connectivity index (χ3n) is 2.76. The van der Waals surface area contributed by atoms with Gasteiger partial charge in [0.05, 0.1) is 12.7 Å². The molecule has 0 fully saturated rings. The van der Waals surface area contributed by atoms with E-state index in [0.29, 0.717) is 0 Å². The SMILES string of the molecule is COC(=O)CN(C(=O)c1cc(C)ccc1F)C(C)C. The quantitative estimate of drug-likeness (QED) is 0.785. The number of halogens is 1. The van der Waals surface area contributed by atoms with Crippen LogP contribution in [0.25, 0.3) is 0 Å². The molecule has 0 aromatic heterocycles. The maximum Gasteiger partial charge on any atom is 0.325 e. The van der Waals surface area contributed by atoms with Crippen molar-refractivity contribution in [1.82, 2.24) is 4.90 Å². The molecule has 0 bridgehead atoms. The van der Waals surface area contributed by atoms with Crippen LogP contribution in [0.4, 0.5) is 4.39 Å². The molecule has 0 aliphatic heterocycles. The zero-order valence-electron chi connectivity index (χ0n) is 11.6. The number of carbonyl (C=O) groups excluding carboxylic acids is 2. The van der Waals surface area contributed by atoms with Gasteiger partial charge in [0.25, 0.3) is 5.91 Å². The van der Waals surface area contributed by atoms with Gasteiger partial charge in [-0.2, -0.15) is 0 Å². The van der Waals surface area contributed by atoms with Crippen LogP contribution in [-0.2, 0) is 9.53 Å². The molecule has 0 N–H and O–H groups in total. The Kier molecular flexibility index (Phi) is 5.03. The smallest absolute Gasteiger partial charge is 0.325 e. The lowest BCUT2D eigenvalue weighted by atomic mass is 10.1. The Hall–Kier alpha value is -1.91. The Labute approximate surface area is 112 Å². The van der Waals surface area contributed by atoms with Crippen LogP contribution in [0, 0.1) is 12.7 Å². The highest BCUT2D eigenvalue weighted by Crippen LogP contribution is 2.14. The first-order valence-corrected chi connectivity index (χ1v) is 6.00. The minimum absolute atomic E-state index is 0.0300. The van der Waals surface area contributed by atoms with E-state index in [-0.39, 0.29) is 18.2 Å². The van der Waals surface area contributed by atoms with Crippen LogP contribution in [0.15, 0.2) is 18.2 Å². The van der Waals surface area contributed by atoms with Crippen LogP contribution in [0.3, 0.4) is 0 Å². The first-order valence-electron chi connectivity index (χ1n) is 6.00. The van der Waals surface area contributed by atoms with Gasteiger partial charge in [-0.1, -0.05) is 11.6 Å². The molecule has 0 spiro atoms. The summed E-state index contributed by atoms with van der Waals surface area (Å²) in [5.74, 6) is -1.64. The molecule has 0 heterocycles. The lowest BCUT2D eigenvalue weighted by molar-refractivity contribution is -0.141. The van der Waals surface area contributed by atoms with Crippen LogP contribution in [0.2, 0.25) is 0 Å². The maximum atomic E-state index is 13.7. The molecule has 0 aliphatic rings. The Morgan fingerprint density at radius 1 is 1.37 bits per heavy atom. The normalized spacial score (nSPS) is 10.4. The largest absolute Gasteiger partial charge is 0.468 e. The molecule has 4 nitrogen and oxygen atoms in total. The fourth-order valence-corrected chi connectivity index (χ4v) is 1.65. The van der Waals surface area contributed by atoms with Gasteiger partial charge in [-0.05, 0) is 32.9 Å². The molecule has 0 radical (unpaired) electrons. The van der Waals surface area contributed by atoms with Crippen LogP contribution in [0.5, 0.6) is 0 Å². The lowest BCUT2D eigenvalue weighted by Crippen LogP contribution is -2.41. The second-order valence-electron chi connectivity index (χ2n) is 4.59. The van der Waals surface area contributed by atoms with Crippen molar-refractivity contribution in [2.45, 2.75) is 26.8 Å². The van der Waals surface area contributed by atoms with Gasteiger partial charge in [-0.15, -0.1) is 0 Å². The number of carbonyl (C=O) groups is 2. The number of hydrogen-bond donors (Lipinski definition) is 0. The average Bonchev–Trinajstić information content (AvgIpc) is 2.37. The molecule has 0 aliphatic carbocycles. The summed E-state index contributed by atoms with van der Waals surface area (Å²) < 4.78 is 18.2. The number of rotatable bonds is 4. The Bertz CT molecular complexity index is 486. The van der Waals surface area contributed by atoms with E-state index >= 15 is 0 Å². The van der Waals surface area contributed by atoms with Crippen molar-refractivity contribution in [1.29, 1.82) is 0 Å². The highest BCUT2D eigenvalue weighted by Gasteiger charge is 2.24. The Balaban J connectivity index is 3.05. The minimum Gasteiger partial charge on any atom is -0.468 e. The van der Waals surface area contributed by atoms with Gasteiger partial charge in [-0.3, -0.25) is 9.59 Å². The number of hydrogen-bond acceptors (Lipinski definition) is 3. The van der Waals surface area contributed by atoms with Gasteiger partial charge < -0.3 is 9.64 Å². The molecular formula is C14H18FNO3. The third kappa shape index (κ3) is 3.77. The van der Waals surface area contributed by atoms with E-state index in [4.69, 9.17) is 0 Å². The number of benzene rings is 1. The molecular weight excluding hydrogens is 249 g/mol. The maximum absolute atomic E-state index is 13.7. The molecule has 0 atom stereocenters. The predicted octanol–water partition coefficient (Wildman–Crippen LogP) is 2.16. The zero-order chi connectivity index (χ0) is 14.6. The van der Waals surface area contributed by atoms with Crippen molar-refractivity contribution in [3.05, 3.63) is 35.1 Å². The zero-order valence-corrected chi connectivity index (χ0v) is 11.6. The molecule has 0 saturated heterocycles. The standard InChI is InChI=1S/C14H18FNO3/c1-9(2)16(8-13(17)19-4)14(18)11-7-10(3)5-6-12(11)15/h5-7,9H,8H2,1-4H3. The van der Waals surface area contributed by atoms with Gasteiger partial charge in [0.15, 0.2) is 0 Å². The van der Waals surface area contributed by atoms with Crippen molar-refractivity contribution in [3.63, 3.8) is 0 Å². The van der Waals surface area contributed by atoms with Crippen molar-refractivity contribution in [2.24, 2.45) is 0 Å². The Morgan fingerprint density at radius 3 is 2.53 bits per heavy atom. The molecule has 5 heteroatoms. The first-order chi connectivity index (χ1) is 8.86. The highest BCUT2D eigenvalue weighted by atomic mass is 19.1. The van der Waals surface area contributed by atoms with Gasteiger partial charge in [0, 0.05) is 6.04 Å². The van der Waals surface area contributed by atoms with Gasteiger partial charge in [0.1, 0.15) is 12.4 Å². The summed E-state index contributed by atoms with van der Waals surface area (Å²) in [4.78, 5) is 24.9.